The third kappa shape index (κ3) is 2.15. The van der Waals surface area contributed by atoms with Crippen molar-refractivity contribution in [2.75, 3.05) is 11.5 Å². The molecule has 0 aliphatic carbocycles. The van der Waals surface area contributed by atoms with E-state index < -0.39 is 5.97 Å². The molecule has 0 spiro atoms. The number of benzene rings is 2. The highest BCUT2D eigenvalue weighted by atomic mass is 16.4. The van der Waals surface area contributed by atoms with Crippen molar-refractivity contribution >= 4 is 28.1 Å². The molecule has 0 saturated carbocycles. The second kappa shape index (κ2) is 4.33. The van der Waals surface area contributed by atoms with E-state index in [4.69, 9.17) is 16.6 Å². The van der Waals surface area contributed by atoms with Crippen LogP contribution in [0.2, 0.25) is 0 Å². The highest BCUT2D eigenvalue weighted by Gasteiger charge is 2.08. The van der Waals surface area contributed by atoms with Crippen LogP contribution in [0.4, 0.5) is 11.4 Å². The maximum atomic E-state index is 10.6. The van der Waals surface area contributed by atoms with Gasteiger partial charge in [-0.2, -0.15) is 0 Å². The molecule has 2 aromatic carbocycles. The van der Waals surface area contributed by atoms with E-state index in [0.29, 0.717) is 17.8 Å². The van der Waals surface area contributed by atoms with Crippen LogP contribution in [0.5, 0.6) is 0 Å². The highest BCUT2D eigenvalue weighted by molar-refractivity contribution is 6.00. The third-order valence-corrected chi connectivity index (χ3v) is 2.81. The molecule has 0 aliphatic heterocycles. The summed E-state index contributed by atoms with van der Waals surface area (Å²) < 4.78 is 0. The maximum Gasteiger partial charge on any atom is 0.303 e. The molecular formula is C13H14N2O2. The SMILES string of the molecule is Nc1cc(CCC(=O)O)c2ccccc2c1N. The molecule has 4 heteroatoms. The number of carbonyl (C=O) groups is 1. The summed E-state index contributed by atoms with van der Waals surface area (Å²) in [5.74, 6) is -0.815. The van der Waals surface area contributed by atoms with Crippen LogP contribution in [0.15, 0.2) is 30.3 Å². The Hall–Kier alpha value is -2.23. The number of carboxylic acid groups (broad SMARTS) is 1. The first kappa shape index (κ1) is 11.3. The van der Waals surface area contributed by atoms with Gasteiger partial charge in [0.2, 0.25) is 0 Å². The van der Waals surface area contributed by atoms with Crippen molar-refractivity contribution in [3.63, 3.8) is 0 Å². The van der Waals surface area contributed by atoms with Crippen LogP contribution in [-0.2, 0) is 11.2 Å². The number of nitrogen functional groups attached to an aromatic ring is 2. The lowest BCUT2D eigenvalue weighted by atomic mass is 9.98. The zero-order valence-electron chi connectivity index (χ0n) is 9.31. The predicted molar refractivity (Wildman–Crippen MR) is 68.7 cm³/mol. The van der Waals surface area contributed by atoms with Gasteiger partial charge in [0.05, 0.1) is 11.4 Å². The number of rotatable bonds is 3. The summed E-state index contributed by atoms with van der Waals surface area (Å²) in [7, 11) is 0. The highest BCUT2D eigenvalue weighted by Crippen LogP contribution is 2.30. The molecule has 17 heavy (non-hydrogen) atoms. The number of nitrogens with two attached hydrogens (primary N) is 2. The van der Waals surface area contributed by atoms with Crippen molar-refractivity contribution in [3.8, 4) is 0 Å². The lowest BCUT2D eigenvalue weighted by molar-refractivity contribution is -0.136. The first-order valence-corrected chi connectivity index (χ1v) is 5.37. The largest absolute Gasteiger partial charge is 0.481 e. The van der Waals surface area contributed by atoms with Crippen molar-refractivity contribution in [1.29, 1.82) is 0 Å². The molecule has 2 rings (SSSR count). The normalized spacial score (nSPS) is 10.6. The zero-order valence-corrected chi connectivity index (χ0v) is 9.31. The average molecular weight is 230 g/mol. The summed E-state index contributed by atoms with van der Waals surface area (Å²) in [6, 6.07) is 9.38. The molecule has 0 fully saturated rings. The number of aryl methyl sites for hydroxylation is 1. The first-order chi connectivity index (χ1) is 8.09. The number of fused-ring (bicyclic) bond motifs is 1. The Balaban J connectivity index is 2.55. The van der Waals surface area contributed by atoms with Crippen LogP contribution in [0, 0.1) is 0 Å². The minimum absolute atomic E-state index is 0.0906. The van der Waals surface area contributed by atoms with Gasteiger partial charge < -0.3 is 16.6 Å². The number of anilines is 2. The van der Waals surface area contributed by atoms with Crippen molar-refractivity contribution in [2.24, 2.45) is 0 Å². The Bertz CT molecular complexity index is 579. The third-order valence-electron chi connectivity index (χ3n) is 2.81. The molecule has 0 radical (unpaired) electrons. The van der Waals surface area contributed by atoms with E-state index in [1.807, 2.05) is 24.3 Å². The quantitative estimate of drug-likeness (QED) is 0.704. The Labute approximate surface area is 98.8 Å². The second-order valence-electron chi connectivity index (χ2n) is 3.98. The van der Waals surface area contributed by atoms with E-state index in [0.717, 1.165) is 16.3 Å². The standard InChI is InChI=1S/C13H14N2O2/c14-11-7-8(5-6-12(16)17)9-3-1-2-4-10(9)13(11)15/h1-4,7H,5-6,14-15H2,(H,16,17). The first-order valence-electron chi connectivity index (χ1n) is 5.37. The van der Waals surface area contributed by atoms with Crippen LogP contribution in [0.3, 0.4) is 0 Å². The number of hydrogen-bond donors (Lipinski definition) is 3. The van der Waals surface area contributed by atoms with Crippen LogP contribution in [-0.4, -0.2) is 11.1 Å². The Kier molecular flexibility index (Phi) is 2.87. The zero-order chi connectivity index (χ0) is 12.4. The van der Waals surface area contributed by atoms with E-state index in [9.17, 15) is 4.79 Å². The molecule has 2 aromatic rings. The monoisotopic (exact) mass is 230 g/mol. The number of aliphatic carboxylic acids is 1. The van der Waals surface area contributed by atoms with Crippen molar-refractivity contribution in [1.82, 2.24) is 0 Å². The number of hydrogen-bond acceptors (Lipinski definition) is 3. The van der Waals surface area contributed by atoms with Gasteiger partial charge in [0.25, 0.3) is 0 Å². The fourth-order valence-corrected chi connectivity index (χ4v) is 1.95. The van der Waals surface area contributed by atoms with Gasteiger partial charge in [-0.25, -0.2) is 0 Å². The topological polar surface area (TPSA) is 89.3 Å². The molecule has 0 aromatic heterocycles. The molecule has 4 nitrogen and oxygen atoms in total. The number of carboxylic acids is 1. The molecule has 0 saturated heterocycles. The Morgan fingerprint density at radius 2 is 1.82 bits per heavy atom. The van der Waals surface area contributed by atoms with Crippen molar-refractivity contribution < 1.29 is 9.90 Å². The summed E-state index contributed by atoms with van der Waals surface area (Å²) >= 11 is 0. The Morgan fingerprint density at radius 3 is 2.47 bits per heavy atom. The second-order valence-corrected chi connectivity index (χ2v) is 3.98. The lowest BCUT2D eigenvalue weighted by Gasteiger charge is -2.10. The molecule has 5 N–H and O–H groups in total. The summed E-state index contributed by atoms with van der Waals surface area (Å²) in [5.41, 5.74) is 13.7. The summed E-state index contributed by atoms with van der Waals surface area (Å²) in [6.07, 6.45) is 0.549. The van der Waals surface area contributed by atoms with Crippen LogP contribution >= 0.6 is 0 Å². The van der Waals surface area contributed by atoms with Gasteiger partial charge in [-0.05, 0) is 23.4 Å². The fraction of sp³-hybridized carbons (Fsp3) is 0.154. The van der Waals surface area contributed by atoms with E-state index in [1.54, 1.807) is 6.07 Å². The van der Waals surface area contributed by atoms with Crippen LogP contribution < -0.4 is 11.5 Å². The van der Waals surface area contributed by atoms with Gasteiger partial charge in [-0.3, -0.25) is 4.79 Å². The Morgan fingerprint density at radius 1 is 1.18 bits per heavy atom. The van der Waals surface area contributed by atoms with Gasteiger partial charge in [0.1, 0.15) is 0 Å². The lowest BCUT2D eigenvalue weighted by Crippen LogP contribution is -2.01. The van der Waals surface area contributed by atoms with Crippen LogP contribution in [0.1, 0.15) is 12.0 Å². The summed E-state index contributed by atoms with van der Waals surface area (Å²) in [6.45, 7) is 0. The minimum Gasteiger partial charge on any atom is -0.481 e. The molecule has 0 aliphatic rings. The van der Waals surface area contributed by atoms with Gasteiger partial charge in [0, 0.05) is 11.8 Å². The molecule has 0 bridgehead atoms. The van der Waals surface area contributed by atoms with Crippen molar-refractivity contribution in [3.05, 3.63) is 35.9 Å². The van der Waals surface area contributed by atoms with Gasteiger partial charge in [0.15, 0.2) is 0 Å². The molecule has 0 amide bonds. The van der Waals surface area contributed by atoms with E-state index in [-0.39, 0.29) is 6.42 Å². The van der Waals surface area contributed by atoms with E-state index in [1.165, 1.54) is 0 Å². The summed E-state index contributed by atoms with van der Waals surface area (Å²) in [5, 5.41) is 10.6. The molecular weight excluding hydrogens is 216 g/mol. The molecule has 0 unspecified atom stereocenters. The average Bonchev–Trinajstić information content (AvgIpc) is 2.32. The molecule has 88 valence electrons. The minimum atomic E-state index is -0.815. The molecule has 0 atom stereocenters. The van der Waals surface area contributed by atoms with Gasteiger partial charge >= 0.3 is 5.97 Å². The molecule has 0 heterocycles. The smallest absolute Gasteiger partial charge is 0.303 e. The maximum absolute atomic E-state index is 10.6. The van der Waals surface area contributed by atoms with E-state index in [2.05, 4.69) is 0 Å². The summed E-state index contributed by atoms with van der Waals surface area (Å²) in [4.78, 5) is 10.6. The van der Waals surface area contributed by atoms with Gasteiger partial charge in [-0.1, -0.05) is 24.3 Å². The van der Waals surface area contributed by atoms with Crippen LogP contribution in [0.25, 0.3) is 10.8 Å². The van der Waals surface area contributed by atoms with E-state index >= 15 is 0 Å². The van der Waals surface area contributed by atoms with Gasteiger partial charge in [-0.15, -0.1) is 0 Å². The van der Waals surface area contributed by atoms with Crippen molar-refractivity contribution in [2.45, 2.75) is 12.8 Å². The predicted octanol–water partition coefficient (Wildman–Crippen LogP) is 2.02. The fourth-order valence-electron chi connectivity index (χ4n) is 1.95.